The molecular formula is C16H21BrN4O. The second kappa shape index (κ2) is 4.37. The molecule has 0 spiro atoms. The van der Waals surface area contributed by atoms with E-state index in [4.69, 9.17) is 10.5 Å². The molecule has 2 N–H and O–H groups in total. The quantitative estimate of drug-likeness (QED) is 0.882. The SMILES string of the molecule is CC1(C)C2CC[C@@]1(C)[C@H](Oc1cc3nnc(N)n3cc1Br)C2. The van der Waals surface area contributed by atoms with E-state index in [0.29, 0.717) is 17.0 Å². The highest BCUT2D eigenvalue weighted by Gasteiger charge is 2.62. The Hall–Kier alpha value is -1.30. The lowest BCUT2D eigenvalue weighted by molar-refractivity contribution is 0.0297. The molecule has 2 bridgehead atoms. The molecule has 22 heavy (non-hydrogen) atoms. The van der Waals surface area contributed by atoms with Crippen molar-refractivity contribution in [2.45, 2.75) is 46.1 Å². The van der Waals surface area contributed by atoms with E-state index >= 15 is 0 Å². The Labute approximate surface area is 138 Å². The van der Waals surface area contributed by atoms with E-state index < -0.39 is 0 Å². The second-order valence-corrected chi connectivity index (χ2v) is 8.34. The summed E-state index contributed by atoms with van der Waals surface area (Å²) in [6.07, 6.45) is 5.83. The fourth-order valence-electron chi connectivity index (χ4n) is 4.46. The van der Waals surface area contributed by atoms with Gasteiger partial charge >= 0.3 is 0 Å². The zero-order valence-electron chi connectivity index (χ0n) is 13.1. The van der Waals surface area contributed by atoms with Crippen LogP contribution in [0.1, 0.15) is 40.0 Å². The molecule has 0 saturated heterocycles. The predicted molar refractivity (Wildman–Crippen MR) is 88.7 cm³/mol. The van der Waals surface area contributed by atoms with Crippen LogP contribution in [0.15, 0.2) is 16.7 Å². The van der Waals surface area contributed by atoms with Crippen LogP contribution in [0.3, 0.4) is 0 Å². The van der Waals surface area contributed by atoms with Crippen LogP contribution in [-0.4, -0.2) is 20.7 Å². The maximum Gasteiger partial charge on any atom is 0.226 e. The molecular weight excluding hydrogens is 344 g/mol. The molecule has 2 heterocycles. The van der Waals surface area contributed by atoms with Crippen molar-refractivity contribution >= 4 is 27.5 Å². The molecule has 0 amide bonds. The summed E-state index contributed by atoms with van der Waals surface area (Å²) in [6, 6.07) is 1.91. The van der Waals surface area contributed by atoms with E-state index in [9.17, 15) is 0 Å². The summed E-state index contributed by atoms with van der Waals surface area (Å²) < 4.78 is 9.07. The first-order chi connectivity index (χ1) is 10.3. The van der Waals surface area contributed by atoms with E-state index in [-0.39, 0.29) is 11.5 Å². The topological polar surface area (TPSA) is 65.4 Å². The van der Waals surface area contributed by atoms with Crippen molar-refractivity contribution in [1.82, 2.24) is 14.6 Å². The lowest BCUT2D eigenvalue weighted by Gasteiger charge is -2.39. The molecule has 3 atom stereocenters. The Morgan fingerprint density at radius 1 is 1.36 bits per heavy atom. The van der Waals surface area contributed by atoms with Gasteiger partial charge in [-0.25, -0.2) is 0 Å². The first kappa shape index (κ1) is 14.3. The van der Waals surface area contributed by atoms with E-state index in [2.05, 4.69) is 46.9 Å². The van der Waals surface area contributed by atoms with Crippen molar-refractivity contribution in [3.05, 3.63) is 16.7 Å². The van der Waals surface area contributed by atoms with Crippen LogP contribution in [0.4, 0.5) is 5.95 Å². The summed E-state index contributed by atoms with van der Waals surface area (Å²) in [7, 11) is 0. The van der Waals surface area contributed by atoms with Gasteiger partial charge in [0.05, 0.1) is 4.47 Å². The summed E-state index contributed by atoms with van der Waals surface area (Å²) in [5.41, 5.74) is 7.08. The second-order valence-electron chi connectivity index (χ2n) is 7.49. The highest BCUT2D eigenvalue weighted by Crippen LogP contribution is 2.66. The Balaban J connectivity index is 1.69. The monoisotopic (exact) mass is 364 g/mol. The number of nitrogen functional groups attached to an aromatic ring is 1. The molecule has 0 aromatic carbocycles. The number of nitrogens with zero attached hydrogens (tertiary/aromatic N) is 3. The van der Waals surface area contributed by atoms with Gasteiger partial charge in [-0.3, -0.25) is 4.40 Å². The largest absolute Gasteiger partial charge is 0.488 e. The number of pyridine rings is 1. The smallest absolute Gasteiger partial charge is 0.226 e. The lowest BCUT2D eigenvalue weighted by Crippen LogP contribution is -2.38. The van der Waals surface area contributed by atoms with Crippen molar-refractivity contribution in [2.24, 2.45) is 16.7 Å². The fraction of sp³-hybridized carbons (Fsp3) is 0.625. The van der Waals surface area contributed by atoms with Gasteiger partial charge in [0.15, 0.2) is 5.65 Å². The lowest BCUT2D eigenvalue weighted by atomic mass is 9.70. The van der Waals surface area contributed by atoms with Gasteiger partial charge in [-0.05, 0) is 46.5 Å². The van der Waals surface area contributed by atoms with Gasteiger partial charge in [0, 0.05) is 17.7 Å². The van der Waals surface area contributed by atoms with Crippen LogP contribution in [0.25, 0.3) is 5.65 Å². The minimum absolute atomic E-state index is 0.232. The molecule has 2 aromatic heterocycles. The number of aromatic nitrogens is 3. The van der Waals surface area contributed by atoms with Gasteiger partial charge in [-0.2, -0.15) is 0 Å². The maximum atomic E-state index is 6.43. The summed E-state index contributed by atoms with van der Waals surface area (Å²) in [6.45, 7) is 7.17. The number of fused-ring (bicyclic) bond motifs is 3. The molecule has 2 fully saturated rings. The van der Waals surface area contributed by atoms with Crippen molar-refractivity contribution in [3.8, 4) is 5.75 Å². The van der Waals surface area contributed by atoms with Gasteiger partial charge in [0.1, 0.15) is 11.9 Å². The molecule has 0 radical (unpaired) electrons. The minimum Gasteiger partial charge on any atom is -0.488 e. The number of anilines is 1. The fourth-order valence-corrected chi connectivity index (χ4v) is 4.87. The average molecular weight is 365 g/mol. The molecule has 6 heteroatoms. The van der Waals surface area contributed by atoms with Crippen molar-refractivity contribution in [3.63, 3.8) is 0 Å². The van der Waals surface area contributed by atoms with Gasteiger partial charge in [-0.15, -0.1) is 10.2 Å². The summed E-state index contributed by atoms with van der Waals surface area (Å²) in [5, 5.41) is 7.97. The van der Waals surface area contributed by atoms with E-state index in [0.717, 1.165) is 22.6 Å². The number of hydrogen-bond donors (Lipinski definition) is 1. The van der Waals surface area contributed by atoms with Crippen LogP contribution in [0.5, 0.6) is 5.75 Å². The van der Waals surface area contributed by atoms with Gasteiger partial charge < -0.3 is 10.5 Å². The number of ether oxygens (including phenoxy) is 1. The predicted octanol–water partition coefficient (Wildman–Crippen LogP) is 3.67. The zero-order valence-corrected chi connectivity index (χ0v) is 14.7. The minimum atomic E-state index is 0.232. The number of rotatable bonds is 2. The molecule has 1 unspecified atom stereocenters. The van der Waals surface area contributed by atoms with Gasteiger partial charge in [0.25, 0.3) is 0 Å². The van der Waals surface area contributed by atoms with Crippen LogP contribution in [0.2, 0.25) is 0 Å². The molecule has 2 aliphatic rings. The van der Waals surface area contributed by atoms with E-state index in [1.807, 2.05) is 12.3 Å². The van der Waals surface area contributed by atoms with Crippen LogP contribution >= 0.6 is 15.9 Å². The Morgan fingerprint density at radius 3 is 2.77 bits per heavy atom. The Morgan fingerprint density at radius 2 is 2.14 bits per heavy atom. The Bertz CT molecular complexity index is 756. The molecule has 4 rings (SSSR count). The molecule has 0 aliphatic heterocycles. The van der Waals surface area contributed by atoms with Crippen molar-refractivity contribution in [1.29, 1.82) is 0 Å². The third-order valence-electron chi connectivity index (χ3n) is 6.47. The molecule has 2 saturated carbocycles. The van der Waals surface area contributed by atoms with Crippen molar-refractivity contribution in [2.75, 3.05) is 5.73 Å². The number of nitrogens with two attached hydrogens (primary N) is 1. The van der Waals surface area contributed by atoms with Crippen LogP contribution in [0, 0.1) is 16.7 Å². The van der Waals surface area contributed by atoms with E-state index in [1.54, 1.807) is 4.40 Å². The van der Waals surface area contributed by atoms with Gasteiger partial charge in [-0.1, -0.05) is 20.8 Å². The third-order valence-corrected chi connectivity index (χ3v) is 7.07. The molecule has 118 valence electrons. The van der Waals surface area contributed by atoms with E-state index in [1.165, 1.54) is 12.8 Å². The highest BCUT2D eigenvalue weighted by molar-refractivity contribution is 9.10. The van der Waals surface area contributed by atoms with Crippen LogP contribution in [-0.2, 0) is 0 Å². The number of halogens is 1. The first-order valence-electron chi connectivity index (χ1n) is 7.79. The average Bonchev–Trinajstić information content (AvgIpc) is 2.98. The first-order valence-corrected chi connectivity index (χ1v) is 8.58. The normalized spacial score (nSPS) is 32.7. The van der Waals surface area contributed by atoms with Gasteiger partial charge in [0.2, 0.25) is 5.95 Å². The third kappa shape index (κ3) is 1.70. The highest BCUT2D eigenvalue weighted by atomic mass is 79.9. The number of hydrogen-bond acceptors (Lipinski definition) is 4. The molecule has 2 aliphatic carbocycles. The van der Waals surface area contributed by atoms with Crippen LogP contribution < -0.4 is 10.5 Å². The molecule has 2 aromatic rings. The maximum absolute atomic E-state index is 6.43. The summed E-state index contributed by atoms with van der Waals surface area (Å²) in [4.78, 5) is 0. The zero-order chi connectivity index (χ0) is 15.7. The molecule has 5 nitrogen and oxygen atoms in total. The summed E-state index contributed by atoms with van der Waals surface area (Å²) >= 11 is 3.59. The van der Waals surface area contributed by atoms with Crippen molar-refractivity contribution < 1.29 is 4.74 Å². The Kier molecular flexibility index (Phi) is 2.84. The standard InChI is InChI=1S/C16H21BrN4O/c1-15(2)9-4-5-16(15,3)12(6-9)22-11-7-13-19-20-14(18)21(13)8-10(11)17/h7-9,12H,4-6H2,1-3H3,(H2,18,20)/t9?,12-,16+/m1/s1. The summed E-state index contributed by atoms with van der Waals surface area (Å²) in [5.74, 6) is 1.97.